The van der Waals surface area contributed by atoms with E-state index in [9.17, 15) is 13.2 Å². The first-order chi connectivity index (χ1) is 9.87. The third-order valence-corrected chi connectivity index (χ3v) is 5.03. The van der Waals surface area contributed by atoms with Crippen molar-refractivity contribution in [3.05, 3.63) is 30.3 Å². The number of rotatable bonds is 8. The molecule has 1 aromatic rings. The van der Waals surface area contributed by atoms with Crippen LogP contribution in [0, 0.1) is 5.92 Å². The van der Waals surface area contributed by atoms with Crippen molar-refractivity contribution in [2.24, 2.45) is 5.92 Å². The van der Waals surface area contributed by atoms with Crippen molar-refractivity contribution < 1.29 is 13.2 Å². The van der Waals surface area contributed by atoms with Crippen LogP contribution < -0.4 is 5.32 Å². The van der Waals surface area contributed by atoms with Crippen molar-refractivity contribution in [3.63, 3.8) is 0 Å². The summed E-state index contributed by atoms with van der Waals surface area (Å²) in [6.07, 6.45) is 0.878. The van der Waals surface area contributed by atoms with Crippen LogP contribution in [0.2, 0.25) is 0 Å². The number of carbonyl (C=O) groups is 1. The summed E-state index contributed by atoms with van der Waals surface area (Å²) in [6, 6.07) is 8.17. The number of sulfonamides is 1. The lowest BCUT2D eigenvalue weighted by atomic mass is 10.1. The summed E-state index contributed by atoms with van der Waals surface area (Å²) in [5.74, 6) is 0.234. The van der Waals surface area contributed by atoms with Crippen LogP contribution in [0.3, 0.4) is 0 Å². The molecule has 118 valence electrons. The average molecular weight is 312 g/mol. The van der Waals surface area contributed by atoms with Crippen LogP contribution in [0.5, 0.6) is 0 Å². The Morgan fingerprint density at radius 2 is 1.86 bits per heavy atom. The van der Waals surface area contributed by atoms with Gasteiger partial charge < -0.3 is 5.32 Å². The molecule has 0 spiro atoms. The number of nitrogens with one attached hydrogen (secondary N) is 1. The molecule has 0 bridgehead atoms. The summed E-state index contributed by atoms with van der Waals surface area (Å²) < 4.78 is 26.0. The van der Waals surface area contributed by atoms with E-state index in [-0.39, 0.29) is 23.9 Å². The van der Waals surface area contributed by atoms with Gasteiger partial charge in [0, 0.05) is 13.1 Å². The summed E-state index contributed by atoms with van der Waals surface area (Å²) in [4.78, 5) is 12.1. The highest BCUT2D eigenvalue weighted by molar-refractivity contribution is 7.89. The van der Waals surface area contributed by atoms with E-state index in [1.165, 1.54) is 16.4 Å². The molecule has 0 saturated carbocycles. The molecule has 0 atom stereocenters. The Bertz CT molecular complexity index is 541. The smallest absolute Gasteiger partial charge is 0.243 e. The first-order valence-corrected chi connectivity index (χ1v) is 8.63. The Kier molecular flexibility index (Phi) is 6.84. The molecule has 21 heavy (non-hydrogen) atoms. The summed E-state index contributed by atoms with van der Waals surface area (Å²) in [7, 11) is -3.62. The van der Waals surface area contributed by atoms with Crippen LogP contribution in [-0.2, 0) is 14.8 Å². The van der Waals surface area contributed by atoms with Crippen molar-refractivity contribution in [2.75, 3.05) is 19.6 Å². The predicted molar refractivity (Wildman–Crippen MR) is 83.3 cm³/mol. The highest BCUT2D eigenvalue weighted by Crippen LogP contribution is 2.14. The molecule has 0 aliphatic heterocycles. The second-order valence-corrected chi connectivity index (χ2v) is 7.21. The van der Waals surface area contributed by atoms with Gasteiger partial charge in [0.05, 0.1) is 11.4 Å². The second kappa shape index (κ2) is 8.14. The van der Waals surface area contributed by atoms with Crippen molar-refractivity contribution in [2.45, 2.75) is 32.1 Å². The first-order valence-electron chi connectivity index (χ1n) is 7.19. The van der Waals surface area contributed by atoms with Crippen LogP contribution >= 0.6 is 0 Å². The lowest BCUT2D eigenvalue weighted by molar-refractivity contribution is -0.121. The molecule has 1 rings (SSSR count). The number of likely N-dealkylation sites (N-methyl/N-ethyl adjacent to an activating group) is 1. The Morgan fingerprint density at radius 1 is 1.24 bits per heavy atom. The fourth-order valence-electron chi connectivity index (χ4n) is 1.82. The van der Waals surface area contributed by atoms with Gasteiger partial charge in [-0.25, -0.2) is 8.42 Å². The molecule has 1 N–H and O–H groups in total. The Balaban J connectivity index is 2.68. The molecule has 0 heterocycles. The van der Waals surface area contributed by atoms with Crippen LogP contribution in [0.15, 0.2) is 35.2 Å². The Morgan fingerprint density at radius 3 is 2.38 bits per heavy atom. The van der Waals surface area contributed by atoms with E-state index in [0.717, 1.165) is 6.42 Å². The summed E-state index contributed by atoms with van der Waals surface area (Å²) in [6.45, 7) is 6.55. The lowest BCUT2D eigenvalue weighted by Gasteiger charge is -2.20. The number of benzene rings is 1. The van der Waals surface area contributed by atoms with E-state index >= 15 is 0 Å². The molecule has 6 heteroatoms. The zero-order valence-electron chi connectivity index (χ0n) is 12.9. The average Bonchev–Trinajstić information content (AvgIpc) is 2.45. The molecule has 0 radical (unpaired) electrons. The standard InChI is InChI=1S/C15H24N2O3S/c1-4-17(12-15(18)16-11-10-13(2)3)21(19,20)14-8-6-5-7-9-14/h5-9,13H,4,10-12H2,1-3H3,(H,16,18). The van der Waals surface area contributed by atoms with Crippen molar-refractivity contribution in [1.82, 2.24) is 9.62 Å². The molecule has 0 aromatic heterocycles. The number of hydrogen-bond acceptors (Lipinski definition) is 3. The minimum Gasteiger partial charge on any atom is -0.355 e. The fourth-order valence-corrected chi connectivity index (χ4v) is 3.25. The maximum atomic E-state index is 12.4. The number of amides is 1. The number of nitrogens with zero attached hydrogens (tertiary/aromatic N) is 1. The van der Waals surface area contributed by atoms with Gasteiger partial charge in [-0.05, 0) is 24.5 Å². The number of hydrogen-bond donors (Lipinski definition) is 1. The van der Waals surface area contributed by atoms with Crippen molar-refractivity contribution >= 4 is 15.9 Å². The van der Waals surface area contributed by atoms with Crippen LogP contribution in [0.25, 0.3) is 0 Å². The summed E-state index contributed by atoms with van der Waals surface area (Å²) >= 11 is 0. The third kappa shape index (κ3) is 5.47. The molecule has 5 nitrogen and oxygen atoms in total. The first kappa shape index (κ1) is 17.7. The topological polar surface area (TPSA) is 66.5 Å². The SMILES string of the molecule is CCN(CC(=O)NCCC(C)C)S(=O)(=O)c1ccccc1. The quantitative estimate of drug-likeness (QED) is 0.797. The van der Waals surface area contributed by atoms with Crippen molar-refractivity contribution in [3.8, 4) is 0 Å². The highest BCUT2D eigenvalue weighted by atomic mass is 32.2. The van der Waals surface area contributed by atoms with Gasteiger partial charge in [0.1, 0.15) is 0 Å². The minimum absolute atomic E-state index is 0.147. The maximum absolute atomic E-state index is 12.4. The zero-order chi connectivity index (χ0) is 15.9. The monoisotopic (exact) mass is 312 g/mol. The van der Waals surface area contributed by atoms with E-state index in [0.29, 0.717) is 12.5 Å². The highest BCUT2D eigenvalue weighted by Gasteiger charge is 2.24. The largest absolute Gasteiger partial charge is 0.355 e. The van der Waals surface area contributed by atoms with E-state index in [2.05, 4.69) is 19.2 Å². The fraction of sp³-hybridized carbons (Fsp3) is 0.533. The molecule has 0 aliphatic carbocycles. The molecule has 0 saturated heterocycles. The van der Waals surface area contributed by atoms with Gasteiger partial charge >= 0.3 is 0 Å². The van der Waals surface area contributed by atoms with E-state index in [4.69, 9.17) is 0 Å². The molecule has 0 fully saturated rings. The van der Waals surface area contributed by atoms with Crippen molar-refractivity contribution in [1.29, 1.82) is 0 Å². The van der Waals surface area contributed by atoms with Gasteiger partial charge in [0.25, 0.3) is 0 Å². The molecule has 1 aromatic carbocycles. The lowest BCUT2D eigenvalue weighted by Crippen LogP contribution is -2.40. The summed E-state index contributed by atoms with van der Waals surface area (Å²) in [5, 5.41) is 2.76. The van der Waals surface area contributed by atoms with Crippen LogP contribution in [0.1, 0.15) is 27.2 Å². The predicted octanol–water partition coefficient (Wildman–Crippen LogP) is 1.86. The molecule has 0 aliphatic rings. The number of carbonyl (C=O) groups excluding carboxylic acids is 1. The van der Waals surface area contributed by atoms with Gasteiger partial charge in [0.15, 0.2) is 0 Å². The molecular formula is C15H24N2O3S. The van der Waals surface area contributed by atoms with Crippen LogP contribution in [0.4, 0.5) is 0 Å². The van der Waals surface area contributed by atoms with E-state index < -0.39 is 10.0 Å². The van der Waals surface area contributed by atoms with E-state index in [1.54, 1.807) is 25.1 Å². The van der Waals surface area contributed by atoms with Gasteiger partial charge in [0.2, 0.25) is 15.9 Å². The Labute approximate surface area is 127 Å². The van der Waals surface area contributed by atoms with Gasteiger partial charge in [-0.2, -0.15) is 4.31 Å². The maximum Gasteiger partial charge on any atom is 0.243 e. The molecular weight excluding hydrogens is 288 g/mol. The third-order valence-electron chi connectivity index (χ3n) is 3.10. The van der Waals surface area contributed by atoms with Gasteiger partial charge in [-0.1, -0.05) is 39.0 Å². The minimum atomic E-state index is -3.62. The van der Waals surface area contributed by atoms with Crippen LogP contribution in [-0.4, -0.2) is 38.3 Å². The second-order valence-electron chi connectivity index (χ2n) is 5.28. The zero-order valence-corrected chi connectivity index (χ0v) is 13.7. The van der Waals surface area contributed by atoms with E-state index in [1.807, 2.05) is 0 Å². The Hall–Kier alpha value is -1.40. The molecule has 0 unspecified atom stereocenters. The van der Waals surface area contributed by atoms with Gasteiger partial charge in [-0.15, -0.1) is 0 Å². The normalized spacial score (nSPS) is 11.9. The molecule has 1 amide bonds. The van der Waals surface area contributed by atoms with Gasteiger partial charge in [-0.3, -0.25) is 4.79 Å². The summed E-state index contributed by atoms with van der Waals surface area (Å²) in [5.41, 5.74) is 0.